The molecule has 0 aliphatic carbocycles. The van der Waals surface area contributed by atoms with E-state index in [0.29, 0.717) is 0 Å². The maximum absolute atomic E-state index is 5.34. The zero-order valence-electron chi connectivity index (χ0n) is 12.6. The average Bonchev–Trinajstić information content (AvgIpc) is 2.88. The van der Waals surface area contributed by atoms with Crippen LogP contribution in [0.2, 0.25) is 0 Å². The van der Waals surface area contributed by atoms with Gasteiger partial charge in [0.1, 0.15) is 5.75 Å². The van der Waals surface area contributed by atoms with Crippen molar-refractivity contribution >= 4 is 11.3 Å². The third-order valence-electron chi connectivity index (χ3n) is 3.01. The summed E-state index contributed by atoms with van der Waals surface area (Å²) < 4.78 is 5.34. The van der Waals surface area contributed by atoms with E-state index in [-0.39, 0.29) is 5.41 Å². The maximum Gasteiger partial charge on any atom is 0.123 e. The summed E-state index contributed by atoms with van der Waals surface area (Å²) in [5.41, 5.74) is 2.40. The average molecular weight is 290 g/mol. The van der Waals surface area contributed by atoms with Gasteiger partial charge >= 0.3 is 0 Å². The van der Waals surface area contributed by atoms with Gasteiger partial charge in [-0.3, -0.25) is 0 Å². The Labute approximate surface area is 125 Å². The highest BCUT2D eigenvalue weighted by molar-refractivity contribution is 7.09. The fraction of sp³-hybridized carbons (Fsp3) is 0.438. The maximum atomic E-state index is 5.34. The first-order valence-electron chi connectivity index (χ1n) is 6.78. The molecule has 0 fully saturated rings. The Morgan fingerprint density at radius 3 is 2.60 bits per heavy atom. The molecule has 3 nitrogen and oxygen atoms in total. The van der Waals surface area contributed by atoms with E-state index >= 15 is 0 Å². The molecule has 0 bridgehead atoms. The summed E-state index contributed by atoms with van der Waals surface area (Å²) >= 11 is 1.73. The van der Waals surface area contributed by atoms with E-state index in [0.717, 1.165) is 24.5 Å². The highest BCUT2D eigenvalue weighted by atomic mass is 32.1. The number of hydrogen-bond donors (Lipinski definition) is 1. The van der Waals surface area contributed by atoms with E-state index in [1.807, 2.05) is 18.2 Å². The Morgan fingerprint density at radius 2 is 1.95 bits per heavy atom. The van der Waals surface area contributed by atoms with Crippen LogP contribution in [0, 0.1) is 0 Å². The number of benzene rings is 1. The standard InChI is InChI=1S/C16H22N2OS/c1-16(2,3)15-18-13(11-20-15)10-17-9-12-7-5-6-8-14(12)19-4/h5-8,11,17H,9-10H2,1-4H3. The monoisotopic (exact) mass is 290 g/mol. The molecule has 108 valence electrons. The van der Waals surface area contributed by atoms with E-state index < -0.39 is 0 Å². The molecule has 0 amide bonds. The highest BCUT2D eigenvalue weighted by Gasteiger charge is 2.17. The first kappa shape index (κ1) is 15.0. The Hall–Kier alpha value is -1.39. The number of para-hydroxylation sites is 1. The second-order valence-electron chi connectivity index (χ2n) is 5.81. The third kappa shape index (κ3) is 3.81. The van der Waals surface area contributed by atoms with Gasteiger partial charge < -0.3 is 10.1 Å². The molecule has 0 radical (unpaired) electrons. The minimum absolute atomic E-state index is 0.131. The van der Waals surface area contributed by atoms with Crippen molar-refractivity contribution in [3.8, 4) is 5.75 Å². The molecule has 0 saturated heterocycles. The van der Waals surface area contributed by atoms with Gasteiger partial charge in [-0.1, -0.05) is 39.0 Å². The van der Waals surface area contributed by atoms with E-state index in [1.54, 1.807) is 18.4 Å². The lowest BCUT2D eigenvalue weighted by Crippen LogP contribution is -2.15. The van der Waals surface area contributed by atoms with E-state index in [2.05, 4.69) is 42.5 Å². The van der Waals surface area contributed by atoms with Crippen molar-refractivity contribution in [3.05, 3.63) is 45.9 Å². The number of methoxy groups -OCH3 is 1. The van der Waals surface area contributed by atoms with Crippen LogP contribution in [0.3, 0.4) is 0 Å². The molecule has 1 aromatic heterocycles. The number of thiazole rings is 1. The Kier molecular flexibility index (Phi) is 4.78. The lowest BCUT2D eigenvalue weighted by Gasteiger charge is -2.13. The van der Waals surface area contributed by atoms with Gasteiger partial charge in [0.2, 0.25) is 0 Å². The molecule has 1 aromatic carbocycles. The smallest absolute Gasteiger partial charge is 0.123 e. The van der Waals surface area contributed by atoms with Crippen LogP contribution in [0.5, 0.6) is 5.75 Å². The number of aromatic nitrogens is 1. The van der Waals surface area contributed by atoms with Gasteiger partial charge in [0.05, 0.1) is 17.8 Å². The molecule has 2 aromatic rings. The molecule has 0 saturated carbocycles. The first-order chi connectivity index (χ1) is 9.50. The molecule has 0 atom stereocenters. The largest absolute Gasteiger partial charge is 0.496 e. The van der Waals surface area contributed by atoms with Gasteiger partial charge in [0.15, 0.2) is 0 Å². The predicted octanol–water partition coefficient (Wildman–Crippen LogP) is 3.74. The Bertz CT molecular complexity index is 558. The van der Waals surface area contributed by atoms with Crippen molar-refractivity contribution in [1.29, 1.82) is 0 Å². The molecule has 2 rings (SSSR count). The number of ether oxygens (including phenoxy) is 1. The van der Waals surface area contributed by atoms with Crippen molar-refractivity contribution in [2.24, 2.45) is 0 Å². The fourth-order valence-corrected chi connectivity index (χ4v) is 2.81. The summed E-state index contributed by atoms with van der Waals surface area (Å²) in [4.78, 5) is 4.68. The topological polar surface area (TPSA) is 34.1 Å². The summed E-state index contributed by atoms with van der Waals surface area (Å²) in [6, 6.07) is 8.07. The van der Waals surface area contributed by atoms with Gasteiger partial charge in [0, 0.05) is 29.4 Å². The zero-order chi connectivity index (χ0) is 14.6. The molecule has 1 N–H and O–H groups in total. The molecule has 4 heteroatoms. The summed E-state index contributed by atoms with van der Waals surface area (Å²) in [7, 11) is 1.70. The van der Waals surface area contributed by atoms with Crippen LogP contribution in [0.15, 0.2) is 29.6 Å². The lowest BCUT2D eigenvalue weighted by molar-refractivity contribution is 0.407. The molecular weight excluding hydrogens is 268 g/mol. The molecule has 0 aliphatic rings. The van der Waals surface area contributed by atoms with Crippen LogP contribution in [0.25, 0.3) is 0 Å². The molecule has 0 unspecified atom stereocenters. The summed E-state index contributed by atoms with van der Waals surface area (Å²) in [6.07, 6.45) is 0. The number of rotatable bonds is 5. The molecular formula is C16H22N2OS. The highest BCUT2D eigenvalue weighted by Crippen LogP contribution is 2.25. The fourth-order valence-electron chi connectivity index (χ4n) is 1.91. The van der Waals surface area contributed by atoms with Crippen LogP contribution in [0.4, 0.5) is 0 Å². The van der Waals surface area contributed by atoms with Crippen molar-refractivity contribution in [3.63, 3.8) is 0 Å². The Balaban J connectivity index is 1.91. The van der Waals surface area contributed by atoms with E-state index in [4.69, 9.17) is 4.74 Å². The van der Waals surface area contributed by atoms with E-state index in [1.165, 1.54) is 10.6 Å². The molecule has 1 heterocycles. The second kappa shape index (κ2) is 6.37. The summed E-state index contributed by atoms with van der Waals surface area (Å²) in [6.45, 7) is 8.14. The van der Waals surface area contributed by atoms with Gasteiger partial charge in [-0.15, -0.1) is 11.3 Å². The van der Waals surface area contributed by atoms with Crippen molar-refractivity contribution in [1.82, 2.24) is 10.3 Å². The Morgan fingerprint density at radius 1 is 1.20 bits per heavy atom. The van der Waals surface area contributed by atoms with Crippen molar-refractivity contribution in [2.75, 3.05) is 7.11 Å². The van der Waals surface area contributed by atoms with Gasteiger partial charge in [-0.05, 0) is 6.07 Å². The van der Waals surface area contributed by atoms with Crippen molar-refractivity contribution in [2.45, 2.75) is 39.3 Å². The number of nitrogens with zero attached hydrogens (tertiary/aromatic N) is 1. The van der Waals surface area contributed by atoms with Crippen molar-refractivity contribution < 1.29 is 4.74 Å². The summed E-state index contributed by atoms with van der Waals surface area (Å²) in [5.74, 6) is 0.925. The summed E-state index contributed by atoms with van der Waals surface area (Å²) in [5, 5.41) is 6.74. The lowest BCUT2D eigenvalue weighted by atomic mass is 9.98. The van der Waals surface area contributed by atoms with Crippen LogP contribution in [-0.4, -0.2) is 12.1 Å². The van der Waals surface area contributed by atoms with Crippen LogP contribution < -0.4 is 10.1 Å². The molecule has 20 heavy (non-hydrogen) atoms. The van der Waals surface area contributed by atoms with Crippen LogP contribution in [0.1, 0.15) is 37.0 Å². The third-order valence-corrected chi connectivity index (χ3v) is 4.32. The van der Waals surface area contributed by atoms with Crippen LogP contribution >= 0.6 is 11.3 Å². The van der Waals surface area contributed by atoms with Gasteiger partial charge in [-0.2, -0.15) is 0 Å². The van der Waals surface area contributed by atoms with E-state index in [9.17, 15) is 0 Å². The molecule has 0 spiro atoms. The van der Waals surface area contributed by atoms with Gasteiger partial charge in [0.25, 0.3) is 0 Å². The van der Waals surface area contributed by atoms with Gasteiger partial charge in [-0.25, -0.2) is 4.98 Å². The van der Waals surface area contributed by atoms with Crippen LogP contribution in [-0.2, 0) is 18.5 Å². The minimum Gasteiger partial charge on any atom is -0.496 e. The SMILES string of the molecule is COc1ccccc1CNCc1csc(C(C)(C)C)n1. The predicted molar refractivity (Wildman–Crippen MR) is 84.4 cm³/mol. The molecule has 0 aliphatic heterocycles. The first-order valence-corrected chi connectivity index (χ1v) is 7.66. The zero-order valence-corrected chi connectivity index (χ0v) is 13.4. The second-order valence-corrected chi connectivity index (χ2v) is 6.67. The minimum atomic E-state index is 0.131. The normalized spacial score (nSPS) is 11.6. The number of hydrogen-bond acceptors (Lipinski definition) is 4. The quantitative estimate of drug-likeness (QED) is 0.911. The number of nitrogens with one attached hydrogen (secondary N) is 1.